The minimum atomic E-state index is -4.13. The number of halogens is 3. The number of fused-ring (bicyclic) bond motifs is 4. The third kappa shape index (κ3) is 4.13. The molecular formula is C21H29F3N4S. The molecule has 6 rings (SSSR count). The number of piperidine rings is 3. The van der Waals surface area contributed by atoms with Gasteiger partial charge in [-0.1, -0.05) is 6.07 Å². The number of benzene rings is 1. The van der Waals surface area contributed by atoms with E-state index in [-0.39, 0.29) is 6.04 Å². The Hall–Kier alpha value is -0.960. The zero-order valence-corrected chi connectivity index (χ0v) is 17.7. The second kappa shape index (κ2) is 7.62. The van der Waals surface area contributed by atoms with E-state index in [1.807, 2.05) is 11.9 Å². The molecule has 0 radical (unpaired) electrons. The van der Waals surface area contributed by atoms with E-state index in [1.165, 1.54) is 47.8 Å². The van der Waals surface area contributed by atoms with Crippen LogP contribution in [-0.4, -0.2) is 78.7 Å². The second-order valence-electron chi connectivity index (χ2n) is 9.08. The lowest BCUT2D eigenvalue weighted by Crippen LogP contribution is -2.54. The molecule has 5 heterocycles. The van der Waals surface area contributed by atoms with E-state index in [9.17, 15) is 13.2 Å². The van der Waals surface area contributed by atoms with E-state index in [2.05, 4.69) is 32.3 Å². The first-order valence-corrected chi connectivity index (χ1v) is 11.4. The highest BCUT2D eigenvalue weighted by Gasteiger charge is 2.40. The normalized spacial score (nSPS) is 32.4. The summed E-state index contributed by atoms with van der Waals surface area (Å²) in [6, 6.07) is 7.25. The fraction of sp³-hybridized carbons (Fsp3) is 0.714. The van der Waals surface area contributed by atoms with E-state index < -0.39 is 12.7 Å². The van der Waals surface area contributed by atoms with Crippen LogP contribution in [0.25, 0.3) is 0 Å². The molecule has 0 spiro atoms. The van der Waals surface area contributed by atoms with Crippen LogP contribution in [0.2, 0.25) is 0 Å². The summed E-state index contributed by atoms with van der Waals surface area (Å²) in [7, 11) is 1.59. The molecule has 1 aromatic rings. The highest BCUT2D eigenvalue weighted by molar-refractivity contribution is 7.97. The molecule has 0 amide bonds. The molecule has 0 aliphatic carbocycles. The standard InChI is InChI=1S/C21H29F3N4S/c1-25(14-21(22,23)24)18-6-9-27(12-18)17-3-2-16-11-28(29-20(16)10-17)19-13-26-7-4-15(19)5-8-26/h2-3,10,15,18-19H,4-9,11-14H2,1H3/t18?,19-/m0/s1. The van der Waals surface area contributed by atoms with Crippen molar-refractivity contribution < 1.29 is 13.2 Å². The molecule has 160 valence electrons. The van der Waals surface area contributed by atoms with E-state index in [4.69, 9.17) is 0 Å². The summed E-state index contributed by atoms with van der Waals surface area (Å²) in [6.45, 7) is 5.37. The van der Waals surface area contributed by atoms with E-state index >= 15 is 0 Å². The van der Waals surface area contributed by atoms with Crippen molar-refractivity contribution in [2.45, 2.75) is 49.0 Å². The zero-order valence-electron chi connectivity index (χ0n) is 16.9. The van der Waals surface area contributed by atoms with Crippen LogP contribution in [0.1, 0.15) is 24.8 Å². The summed E-state index contributed by atoms with van der Waals surface area (Å²) in [4.78, 5) is 7.62. The average Bonchev–Trinajstić information content (AvgIpc) is 3.34. The topological polar surface area (TPSA) is 13.0 Å². The van der Waals surface area contributed by atoms with Gasteiger partial charge in [0.25, 0.3) is 0 Å². The predicted octanol–water partition coefficient (Wildman–Crippen LogP) is 3.68. The molecule has 0 saturated carbocycles. The third-order valence-corrected chi connectivity index (χ3v) is 8.38. The lowest BCUT2D eigenvalue weighted by molar-refractivity contribution is -0.146. The van der Waals surface area contributed by atoms with Gasteiger partial charge >= 0.3 is 6.18 Å². The van der Waals surface area contributed by atoms with E-state index in [1.54, 1.807) is 7.05 Å². The first-order chi connectivity index (χ1) is 13.9. The molecule has 2 bridgehead atoms. The molecule has 0 N–H and O–H groups in total. The molecule has 29 heavy (non-hydrogen) atoms. The van der Waals surface area contributed by atoms with Gasteiger partial charge in [0, 0.05) is 48.8 Å². The number of hydrogen-bond acceptors (Lipinski definition) is 5. The molecular weight excluding hydrogens is 397 g/mol. The number of alkyl halides is 3. The Morgan fingerprint density at radius 2 is 1.90 bits per heavy atom. The Morgan fingerprint density at radius 1 is 1.10 bits per heavy atom. The molecule has 5 aliphatic rings. The SMILES string of the molecule is CN(CC(F)(F)F)C1CCN(c2ccc3c(c2)SN([C@H]2CN4CCC2CC4)C3)C1. The summed E-state index contributed by atoms with van der Waals surface area (Å²) in [5.74, 6) is 0.824. The van der Waals surface area contributed by atoms with Gasteiger partial charge in [0.05, 0.1) is 6.54 Å². The molecule has 5 aliphatic heterocycles. The maximum absolute atomic E-state index is 12.7. The summed E-state index contributed by atoms with van der Waals surface area (Å²) in [5.41, 5.74) is 2.54. The van der Waals surface area contributed by atoms with Gasteiger partial charge in [-0.25, -0.2) is 4.31 Å². The highest BCUT2D eigenvalue weighted by Crippen LogP contribution is 2.44. The van der Waals surface area contributed by atoms with Gasteiger partial charge in [0.1, 0.15) is 0 Å². The highest BCUT2D eigenvalue weighted by atomic mass is 32.2. The Balaban J connectivity index is 1.23. The predicted molar refractivity (Wildman–Crippen MR) is 110 cm³/mol. The summed E-state index contributed by atoms with van der Waals surface area (Å²) >= 11 is 1.89. The van der Waals surface area contributed by atoms with Crippen molar-refractivity contribution >= 4 is 17.6 Å². The molecule has 4 saturated heterocycles. The number of rotatable bonds is 4. The van der Waals surface area contributed by atoms with Gasteiger partial charge < -0.3 is 9.80 Å². The maximum Gasteiger partial charge on any atom is 0.401 e. The molecule has 8 heteroatoms. The summed E-state index contributed by atoms with van der Waals surface area (Å²) < 4.78 is 40.7. The van der Waals surface area contributed by atoms with Crippen LogP contribution in [0, 0.1) is 5.92 Å². The van der Waals surface area contributed by atoms with Crippen LogP contribution < -0.4 is 4.90 Å². The zero-order chi connectivity index (χ0) is 20.2. The Labute approximate surface area is 175 Å². The van der Waals surface area contributed by atoms with E-state index in [0.29, 0.717) is 12.6 Å². The van der Waals surface area contributed by atoms with Crippen molar-refractivity contribution in [3.8, 4) is 0 Å². The third-order valence-electron chi connectivity index (χ3n) is 7.16. The quantitative estimate of drug-likeness (QED) is 0.680. The van der Waals surface area contributed by atoms with Gasteiger partial charge in [-0.2, -0.15) is 13.2 Å². The van der Waals surface area contributed by atoms with E-state index in [0.717, 1.165) is 31.1 Å². The van der Waals surface area contributed by atoms with Crippen molar-refractivity contribution in [3.05, 3.63) is 23.8 Å². The largest absolute Gasteiger partial charge is 0.401 e. The molecule has 4 nitrogen and oxygen atoms in total. The summed E-state index contributed by atoms with van der Waals surface area (Å²) in [6.07, 6.45) is -0.707. The van der Waals surface area contributed by atoms with Crippen LogP contribution >= 0.6 is 11.9 Å². The first kappa shape index (κ1) is 20.0. The Morgan fingerprint density at radius 3 is 2.59 bits per heavy atom. The van der Waals surface area contributed by atoms with Crippen molar-refractivity contribution in [1.29, 1.82) is 0 Å². The minimum absolute atomic E-state index is 0.0409. The first-order valence-electron chi connectivity index (χ1n) is 10.7. The number of nitrogens with zero attached hydrogens (tertiary/aromatic N) is 4. The number of hydrogen-bond donors (Lipinski definition) is 0. The van der Waals surface area contributed by atoms with Gasteiger partial charge in [0.2, 0.25) is 0 Å². The lowest BCUT2D eigenvalue weighted by atomic mass is 9.84. The van der Waals surface area contributed by atoms with Crippen molar-refractivity contribution in [1.82, 2.24) is 14.1 Å². The summed E-state index contributed by atoms with van der Waals surface area (Å²) in [5, 5.41) is 0. The molecule has 0 aromatic heterocycles. The van der Waals surface area contributed by atoms with Crippen LogP contribution in [-0.2, 0) is 6.54 Å². The molecule has 4 fully saturated rings. The fourth-order valence-corrected chi connectivity index (χ4v) is 6.73. The minimum Gasteiger partial charge on any atom is -0.370 e. The molecule has 2 atom stereocenters. The van der Waals surface area contributed by atoms with Crippen molar-refractivity contribution in [2.24, 2.45) is 5.92 Å². The van der Waals surface area contributed by atoms with Crippen LogP contribution in [0.4, 0.5) is 18.9 Å². The number of likely N-dealkylation sites (N-methyl/N-ethyl adjacent to an activating group) is 1. The van der Waals surface area contributed by atoms with Crippen LogP contribution in [0.3, 0.4) is 0 Å². The maximum atomic E-state index is 12.7. The fourth-order valence-electron chi connectivity index (χ4n) is 5.48. The van der Waals surface area contributed by atoms with Gasteiger partial charge in [-0.3, -0.25) is 4.90 Å². The van der Waals surface area contributed by atoms with Crippen LogP contribution in [0.15, 0.2) is 23.1 Å². The number of anilines is 1. The Bertz CT molecular complexity index is 750. The smallest absolute Gasteiger partial charge is 0.370 e. The van der Waals surface area contributed by atoms with Gasteiger partial charge in [-0.15, -0.1) is 0 Å². The van der Waals surface area contributed by atoms with Crippen molar-refractivity contribution in [3.63, 3.8) is 0 Å². The molecule has 1 aromatic carbocycles. The van der Waals surface area contributed by atoms with Gasteiger partial charge in [0.15, 0.2) is 0 Å². The average molecular weight is 427 g/mol. The molecule has 1 unspecified atom stereocenters. The Kier molecular flexibility index (Phi) is 5.25. The monoisotopic (exact) mass is 426 g/mol. The van der Waals surface area contributed by atoms with Gasteiger partial charge in [-0.05, 0) is 75.0 Å². The van der Waals surface area contributed by atoms with Crippen LogP contribution in [0.5, 0.6) is 0 Å². The van der Waals surface area contributed by atoms with Crippen molar-refractivity contribution in [2.75, 3.05) is 51.2 Å². The second-order valence-corrected chi connectivity index (χ2v) is 10.2. The lowest BCUT2D eigenvalue weighted by Gasteiger charge is -2.47.